The number of amides is 1. The van der Waals surface area contributed by atoms with Crippen LogP contribution in [0.15, 0.2) is 12.3 Å². The Bertz CT molecular complexity index is 280. The van der Waals surface area contributed by atoms with Crippen LogP contribution in [0.5, 0.6) is 0 Å². The molecule has 72 valence electrons. The molecule has 1 amide bonds. The van der Waals surface area contributed by atoms with Crippen LogP contribution in [-0.2, 0) is 0 Å². The molecule has 0 saturated heterocycles. The van der Waals surface area contributed by atoms with Crippen LogP contribution in [0.3, 0.4) is 0 Å². The summed E-state index contributed by atoms with van der Waals surface area (Å²) in [6, 6.07) is 1.28. The largest absolute Gasteiger partial charge is 0.405 e. The van der Waals surface area contributed by atoms with Crippen molar-refractivity contribution < 1.29 is 18.0 Å². The minimum absolute atomic E-state index is 0.0655. The van der Waals surface area contributed by atoms with Gasteiger partial charge in [-0.15, -0.1) is 0 Å². The molecule has 4 nitrogen and oxygen atoms in total. The zero-order valence-corrected chi connectivity index (χ0v) is 6.35. The van der Waals surface area contributed by atoms with E-state index in [1.165, 1.54) is 12.3 Å². The lowest BCUT2D eigenvalue weighted by Crippen LogP contribution is -2.33. The molecule has 0 spiro atoms. The molecular formula is C6H6F3N3O. The average Bonchev–Trinajstić information content (AvgIpc) is 2.50. The van der Waals surface area contributed by atoms with Crippen molar-refractivity contribution in [3.63, 3.8) is 0 Å². The van der Waals surface area contributed by atoms with Gasteiger partial charge in [0.05, 0.1) is 0 Å². The molecule has 7 heteroatoms. The summed E-state index contributed by atoms with van der Waals surface area (Å²) in [6.45, 7) is -1.35. The van der Waals surface area contributed by atoms with Crippen molar-refractivity contribution in [3.8, 4) is 0 Å². The van der Waals surface area contributed by atoms with E-state index in [9.17, 15) is 18.0 Å². The lowest BCUT2D eigenvalue weighted by Gasteiger charge is -2.06. The van der Waals surface area contributed by atoms with E-state index in [0.717, 1.165) is 0 Å². The molecular weight excluding hydrogens is 187 g/mol. The van der Waals surface area contributed by atoms with Crippen LogP contribution < -0.4 is 5.32 Å². The molecule has 0 saturated carbocycles. The smallest absolute Gasteiger partial charge is 0.342 e. The lowest BCUT2D eigenvalue weighted by molar-refractivity contribution is -0.123. The maximum Gasteiger partial charge on any atom is 0.405 e. The fraction of sp³-hybridized carbons (Fsp3) is 0.333. The highest BCUT2D eigenvalue weighted by Crippen LogP contribution is 2.12. The molecule has 0 aromatic carbocycles. The van der Waals surface area contributed by atoms with Gasteiger partial charge in [-0.05, 0) is 6.07 Å². The number of carbonyl (C=O) groups excluding carboxylic acids is 1. The first-order valence-electron chi connectivity index (χ1n) is 3.34. The van der Waals surface area contributed by atoms with E-state index >= 15 is 0 Å². The van der Waals surface area contributed by atoms with E-state index in [1.54, 1.807) is 5.32 Å². The van der Waals surface area contributed by atoms with Crippen LogP contribution in [0.4, 0.5) is 13.2 Å². The molecule has 2 N–H and O–H groups in total. The van der Waals surface area contributed by atoms with Crippen molar-refractivity contribution in [3.05, 3.63) is 18.0 Å². The molecule has 0 bridgehead atoms. The summed E-state index contributed by atoms with van der Waals surface area (Å²) >= 11 is 0. The number of hydrogen-bond acceptors (Lipinski definition) is 2. The number of aromatic nitrogens is 2. The van der Waals surface area contributed by atoms with E-state index < -0.39 is 18.6 Å². The zero-order chi connectivity index (χ0) is 9.90. The van der Waals surface area contributed by atoms with Crippen LogP contribution in [0.25, 0.3) is 0 Å². The molecule has 13 heavy (non-hydrogen) atoms. The number of rotatable bonds is 2. The van der Waals surface area contributed by atoms with Crippen molar-refractivity contribution in [2.75, 3.05) is 6.54 Å². The SMILES string of the molecule is O=C(NCC(F)(F)F)c1cc[nH]n1. The highest BCUT2D eigenvalue weighted by molar-refractivity contribution is 5.92. The molecule has 1 rings (SSSR count). The second kappa shape index (κ2) is 3.46. The van der Waals surface area contributed by atoms with Gasteiger partial charge in [-0.25, -0.2) is 0 Å². The summed E-state index contributed by atoms with van der Waals surface area (Å²) in [4.78, 5) is 10.9. The van der Waals surface area contributed by atoms with Gasteiger partial charge in [-0.2, -0.15) is 18.3 Å². The van der Waals surface area contributed by atoms with Gasteiger partial charge >= 0.3 is 6.18 Å². The van der Waals surface area contributed by atoms with Gasteiger partial charge in [0.2, 0.25) is 0 Å². The summed E-state index contributed by atoms with van der Waals surface area (Å²) in [6.07, 6.45) is -3.05. The van der Waals surface area contributed by atoms with Gasteiger partial charge < -0.3 is 5.32 Å². The zero-order valence-electron chi connectivity index (χ0n) is 6.35. The first-order chi connectivity index (χ1) is 5.99. The van der Waals surface area contributed by atoms with Gasteiger partial charge in [0.1, 0.15) is 12.2 Å². The molecule has 0 fully saturated rings. The van der Waals surface area contributed by atoms with Crippen LogP contribution in [-0.4, -0.2) is 28.8 Å². The Labute approximate surface area is 71.1 Å². The van der Waals surface area contributed by atoms with Crippen molar-refractivity contribution >= 4 is 5.91 Å². The summed E-state index contributed by atoms with van der Waals surface area (Å²) in [5.41, 5.74) is -0.0655. The van der Waals surface area contributed by atoms with Crippen LogP contribution >= 0.6 is 0 Å². The first kappa shape index (κ1) is 9.56. The molecule has 0 radical (unpaired) electrons. The van der Waals surface area contributed by atoms with E-state index in [-0.39, 0.29) is 5.69 Å². The van der Waals surface area contributed by atoms with Crippen LogP contribution in [0.2, 0.25) is 0 Å². The summed E-state index contributed by atoms with van der Waals surface area (Å²) in [5, 5.41) is 7.41. The van der Waals surface area contributed by atoms with Crippen molar-refractivity contribution in [1.82, 2.24) is 15.5 Å². The summed E-state index contributed by atoms with van der Waals surface area (Å²) in [5.74, 6) is -0.849. The Balaban J connectivity index is 2.44. The molecule has 0 aliphatic heterocycles. The van der Waals surface area contributed by atoms with Gasteiger partial charge in [-0.1, -0.05) is 0 Å². The highest BCUT2D eigenvalue weighted by atomic mass is 19.4. The minimum atomic E-state index is -4.40. The molecule has 0 atom stereocenters. The summed E-state index contributed by atoms with van der Waals surface area (Å²) < 4.78 is 34.8. The molecule has 0 aliphatic carbocycles. The van der Waals surface area contributed by atoms with Crippen LogP contribution in [0.1, 0.15) is 10.5 Å². The van der Waals surface area contributed by atoms with Gasteiger partial charge in [-0.3, -0.25) is 9.89 Å². The fourth-order valence-corrected chi connectivity index (χ4v) is 0.658. The van der Waals surface area contributed by atoms with E-state index in [4.69, 9.17) is 0 Å². The normalized spacial score (nSPS) is 11.3. The number of alkyl halides is 3. The van der Waals surface area contributed by atoms with Gasteiger partial charge in [0.25, 0.3) is 5.91 Å². The number of aromatic amines is 1. The van der Waals surface area contributed by atoms with Gasteiger partial charge in [0, 0.05) is 6.20 Å². The maximum atomic E-state index is 11.6. The highest BCUT2D eigenvalue weighted by Gasteiger charge is 2.28. The van der Waals surface area contributed by atoms with Crippen molar-refractivity contribution in [2.24, 2.45) is 0 Å². The van der Waals surface area contributed by atoms with E-state index in [1.807, 2.05) is 0 Å². The van der Waals surface area contributed by atoms with E-state index in [2.05, 4.69) is 10.2 Å². The predicted molar refractivity (Wildman–Crippen MR) is 37.0 cm³/mol. The first-order valence-corrected chi connectivity index (χ1v) is 3.34. The average molecular weight is 193 g/mol. The topological polar surface area (TPSA) is 57.8 Å². The van der Waals surface area contributed by atoms with Crippen LogP contribution in [0, 0.1) is 0 Å². The molecule has 1 aromatic rings. The Hall–Kier alpha value is -1.53. The summed E-state index contributed by atoms with van der Waals surface area (Å²) in [7, 11) is 0. The Morgan fingerprint density at radius 1 is 1.62 bits per heavy atom. The van der Waals surface area contributed by atoms with Crippen molar-refractivity contribution in [2.45, 2.75) is 6.18 Å². The quantitative estimate of drug-likeness (QED) is 0.726. The third kappa shape index (κ3) is 3.14. The monoisotopic (exact) mass is 193 g/mol. The molecule has 0 aliphatic rings. The Morgan fingerprint density at radius 2 is 2.31 bits per heavy atom. The predicted octanol–water partition coefficient (Wildman–Crippen LogP) is 0.702. The number of H-pyrrole nitrogens is 1. The Morgan fingerprint density at radius 3 is 2.77 bits per heavy atom. The minimum Gasteiger partial charge on any atom is -0.342 e. The third-order valence-corrected chi connectivity index (χ3v) is 1.18. The Kier molecular flexibility index (Phi) is 2.54. The van der Waals surface area contributed by atoms with E-state index in [0.29, 0.717) is 0 Å². The maximum absolute atomic E-state index is 11.6. The fourth-order valence-electron chi connectivity index (χ4n) is 0.658. The number of nitrogens with zero attached hydrogens (tertiary/aromatic N) is 1. The molecule has 1 heterocycles. The number of hydrogen-bond donors (Lipinski definition) is 2. The lowest BCUT2D eigenvalue weighted by atomic mass is 10.4. The third-order valence-electron chi connectivity index (χ3n) is 1.18. The van der Waals surface area contributed by atoms with Gasteiger partial charge in [0.15, 0.2) is 0 Å². The standard InChI is InChI=1S/C6H6F3N3O/c7-6(8,9)3-10-5(13)4-1-2-11-12-4/h1-2H,3H2,(H,10,13)(H,11,12). The second-order valence-electron chi connectivity index (χ2n) is 2.26. The van der Waals surface area contributed by atoms with Crippen molar-refractivity contribution in [1.29, 1.82) is 0 Å². The molecule has 1 aromatic heterocycles. The second-order valence-corrected chi connectivity index (χ2v) is 2.26. The number of halogens is 3. The number of carbonyl (C=O) groups is 1. The number of nitrogens with one attached hydrogen (secondary N) is 2. The molecule has 0 unspecified atom stereocenters.